The van der Waals surface area contributed by atoms with Gasteiger partial charge in [-0.2, -0.15) is 0 Å². The van der Waals surface area contributed by atoms with E-state index in [2.05, 4.69) is 0 Å². The molecule has 0 heterocycles. The van der Waals surface area contributed by atoms with Gasteiger partial charge in [-0.1, -0.05) is 12.1 Å². The minimum atomic E-state index is -0.0572. The molecule has 0 radical (unpaired) electrons. The average Bonchev–Trinajstić information content (AvgIpc) is 2.16. The first-order valence-corrected chi connectivity index (χ1v) is 3.68. The van der Waals surface area contributed by atoms with E-state index in [1.54, 1.807) is 12.1 Å². The molecule has 0 bridgehead atoms. The first-order chi connectivity index (χ1) is 6.27. The van der Waals surface area contributed by atoms with Gasteiger partial charge in [-0.05, 0) is 23.8 Å². The highest BCUT2D eigenvalue weighted by atomic mass is 16.3. The minimum Gasteiger partial charge on any atom is -0.507 e. The summed E-state index contributed by atoms with van der Waals surface area (Å²) in [6, 6.07) is 4.53. The number of aldehydes is 2. The number of carbonyl (C=O) groups is 2. The Morgan fingerprint density at radius 2 is 2.00 bits per heavy atom. The van der Waals surface area contributed by atoms with Gasteiger partial charge in [-0.15, -0.1) is 0 Å². The number of carbonyl (C=O) groups excluding carboxylic acids is 2. The second-order valence-corrected chi connectivity index (χ2v) is 2.43. The van der Waals surface area contributed by atoms with Crippen LogP contribution in [-0.4, -0.2) is 17.7 Å². The molecule has 0 unspecified atom stereocenters. The maximum Gasteiger partial charge on any atom is 0.153 e. The summed E-state index contributed by atoms with van der Waals surface area (Å²) in [5.74, 6) is -0.0572. The van der Waals surface area contributed by atoms with Crippen LogP contribution in [0.3, 0.4) is 0 Å². The molecule has 0 spiro atoms. The van der Waals surface area contributed by atoms with Gasteiger partial charge in [0, 0.05) is 0 Å². The number of allylic oxidation sites excluding steroid dienone is 1. The third-order valence-electron chi connectivity index (χ3n) is 1.55. The van der Waals surface area contributed by atoms with Crippen LogP contribution in [0.5, 0.6) is 5.75 Å². The maximum absolute atomic E-state index is 10.4. The number of hydrogen-bond donors (Lipinski definition) is 1. The van der Waals surface area contributed by atoms with E-state index in [0.29, 0.717) is 18.1 Å². The zero-order valence-electron chi connectivity index (χ0n) is 6.81. The summed E-state index contributed by atoms with van der Waals surface area (Å²) in [5.41, 5.74) is 0.917. The van der Waals surface area contributed by atoms with E-state index in [1.165, 1.54) is 18.2 Å². The van der Waals surface area contributed by atoms with Crippen molar-refractivity contribution in [2.24, 2.45) is 0 Å². The van der Waals surface area contributed by atoms with Crippen molar-refractivity contribution in [2.45, 2.75) is 0 Å². The van der Waals surface area contributed by atoms with Crippen LogP contribution < -0.4 is 0 Å². The Labute approximate surface area is 75.3 Å². The van der Waals surface area contributed by atoms with Crippen LogP contribution in [0.2, 0.25) is 0 Å². The van der Waals surface area contributed by atoms with Crippen LogP contribution in [0.25, 0.3) is 6.08 Å². The van der Waals surface area contributed by atoms with Gasteiger partial charge in [0.1, 0.15) is 12.0 Å². The minimum absolute atomic E-state index is 0.0572. The topological polar surface area (TPSA) is 54.4 Å². The Bertz CT molecular complexity index is 353. The lowest BCUT2D eigenvalue weighted by Gasteiger charge is -1.97. The van der Waals surface area contributed by atoms with Crippen molar-refractivity contribution in [2.75, 3.05) is 0 Å². The molecule has 0 aliphatic carbocycles. The fourth-order valence-corrected chi connectivity index (χ4v) is 0.921. The van der Waals surface area contributed by atoms with Gasteiger partial charge in [-0.3, -0.25) is 9.59 Å². The van der Waals surface area contributed by atoms with Crippen LogP contribution in [0.4, 0.5) is 0 Å². The second-order valence-electron chi connectivity index (χ2n) is 2.43. The quantitative estimate of drug-likeness (QED) is 0.559. The summed E-state index contributed by atoms with van der Waals surface area (Å²) in [4.78, 5) is 20.4. The Balaban J connectivity index is 3.05. The van der Waals surface area contributed by atoms with Crippen molar-refractivity contribution in [3.05, 3.63) is 35.4 Å². The number of aromatic hydroxyl groups is 1. The van der Waals surface area contributed by atoms with Gasteiger partial charge < -0.3 is 5.11 Å². The third-order valence-corrected chi connectivity index (χ3v) is 1.55. The third kappa shape index (κ3) is 2.27. The van der Waals surface area contributed by atoms with Crippen molar-refractivity contribution in [1.29, 1.82) is 0 Å². The molecule has 1 aromatic carbocycles. The summed E-state index contributed by atoms with van der Waals surface area (Å²) in [7, 11) is 0. The lowest BCUT2D eigenvalue weighted by molar-refractivity contribution is -0.104. The first kappa shape index (κ1) is 9.19. The van der Waals surface area contributed by atoms with Crippen molar-refractivity contribution in [3.63, 3.8) is 0 Å². The molecule has 0 amide bonds. The van der Waals surface area contributed by atoms with Gasteiger partial charge in [0.2, 0.25) is 0 Å². The van der Waals surface area contributed by atoms with E-state index in [4.69, 9.17) is 5.11 Å². The van der Waals surface area contributed by atoms with Crippen LogP contribution in [0.1, 0.15) is 15.9 Å². The summed E-state index contributed by atoms with van der Waals surface area (Å²) in [5, 5.41) is 9.14. The summed E-state index contributed by atoms with van der Waals surface area (Å²) in [6.07, 6.45) is 4.08. The molecular formula is C10H8O3. The second kappa shape index (κ2) is 4.21. The Kier molecular flexibility index (Phi) is 2.97. The highest BCUT2D eigenvalue weighted by Gasteiger charge is 1.98. The van der Waals surface area contributed by atoms with Crippen molar-refractivity contribution >= 4 is 18.6 Å². The largest absolute Gasteiger partial charge is 0.507 e. The molecular weight excluding hydrogens is 168 g/mol. The molecule has 0 fully saturated rings. The van der Waals surface area contributed by atoms with Crippen LogP contribution in [-0.2, 0) is 4.79 Å². The Morgan fingerprint density at radius 3 is 2.62 bits per heavy atom. The molecule has 3 nitrogen and oxygen atoms in total. The number of benzene rings is 1. The molecule has 0 atom stereocenters. The highest BCUT2D eigenvalue weighted by molar-refractivity contribution is 5.81. The normalized spacial score (nSPS) is 10.2. The summed E-state index contributed by atoms with van der Waals surface area (Å²) >= 11 is 0. The lowest BCUT2D eigenvalue weighted by atomic mass is 10.1. The number of phenolic OH excluding ortho intramolecular Hbond substituents is 1. The van der Waals surface area contributed by atoms with E-state index in [0.717, 1.165) is 0 Å². The zero-order chi connectivity index (χ0) is 9.68. The fraction of sp³-hybridized carbons (Fsp3) is 0. The molecule has 0 aliphatic rings. The van der Waals surface area contributed by atoms with E-state index in [-0.39, 0.29) is 11.3 Å². The van der Waals surface area contributed by atoms with Crippen molar-refractivity contribution < 1.29 is 14.7 Å². The Morgan fingerprint density at radius 1 is 1.23 bits per heavy atom. The summed E-state index contributed by atoms with van der Waals surface area (Å²) in [6.45, 7) is 0. The predicted octanol–water partition coefficient (Wildman–Crippen LogP) is 1.42. The van der Waals surface area contributed by atoms with Crippen molar-refractivity contribution in [3.8, 4) is 5.75 Å². The monoisotopic (exact) mass is 176 g/mol. The molecule has 0 saturated carbocycles. The number of hydrogen-bond acceptors (Lipinski definition) is 3. The van der Waals surface area contributed by atoms with E-state index >= 15 is 0 Å². The number of phenols is 1. The fourth-order valence-electron chi connectivity index (χ4n) is 0.921. The lowest BCUT2D eigenvalue weighted by Crippen LogP contribution is -1.82. The van der Waals surface area contributed by atoms with Gasteiger partial charge >= 0.3 is 0 Å². The van der Waals surface area contributed by atoms with E-state index in [9.17, 15) is 9.59 Å². The van der Waals surface area contributed by atoms with Crippen molar-refractivity contribution in [1.82, 2.24) is 0 Å². The molecule has 3 heteroatoms. The van der Waals surface area contributed by atoms with Crippen LogP contribution in [0, 0.1) is 0 Å². The number of rotatable bonds is 3. The summed E-state index contributed by atoms with van der Waals surface area (Å²) < 4.78 is 0. The van der Waals surface area contributed by atoms with Gasteiger partial charge in [-0.25, -0.2) is 0 Å². The standard InChI is InChI=1S/C10H8O3/c11-5-1-2-8-3-4-10(13)9(6-8)7-12/h1-7,13H. The first-order valence-electron chi connectivity index (χ1n) is 3.68. The molecule has 1 rings (SSSR count). The molecule has 0 aliphatic heterocycles. The van der Waals surface area contributed by atoms with Crippen LogP contribution in [0.15, 0.2) is 24.3 Å². The Hall–Kier alpha value is -1.90. The van der Waals surface area contributed by atoms with Gasteiger partial charge in [0.05, 0.1) is 5.56 Å². The highest BCUT2D eigenvalue weighted by Crippen LogP contribution is 2.16. The smallest absolute Gasteiger partial charge is 0.153 e. The molecule has 1 aromatic rings. The molecule has 0 saturated heterocycles. The van der Waals surface area contributed by atoms with E-state index < -0.39 is 0 Å². The average molecular weight is 176 g/mol. The van der Waals surface area contributed by atoms with Crippen LogP contribution >= 0.6 is 0 Å². The maximum atomic E-state index is 10.4. The predicted molar refractivity (Wildman–Crippen MR) is 48.6 cm³/mol. The molecule has 0 aromatic heterocycles. The molecule has 13 heavy (non-hydrogen) atoms. The zero-order valence-corrected chi connectivity index (χ0v) is 6.81. The molecule has 1 N–H and O–H groups in total. The van der Waals surface area contributed by atoms with Gasteiger partial charge in [0.25, 0.3) is 0 Å². The van der Waals surface area contributed by atoms with E-state index in [1.807, 2.05) is 0 Å². The molecule has 66 valence electrons. The SMILES string of the molecule is O=CC=Cc1ccc(O)c(C=O)c1. The van der Waals surface area contributed by atoms with Gasteiger partial charge in [0.15, 0.2) is 6.29 Å².